The zero-order chi connectivity index (χ0) is 16.2. The highest BCUT2D eigenvalue weighted by Crippen LogP contribution is 2.28. The Kier molecular flexibility index (Phi) is 5.13. The maximum absolute atomic E-state index is 5.39. The maximum atomic E-state index is 5.39. The topological polar surface area (TPSA) is 43.9 Å². The molecule has 2 heterocycles. The van der Waals surface area contributed by atoms with E-state index in [0.29, 0.717) is 0 Å². The fraction of sp³-hybridized carbons (Fsp3) is 0.294. The Morgan fingerprint density at radius 3 is 2.52 bits per heavy atom. The Morgan fingerprint density at radius 1 is 1.13 bits per heavy atom. The molecule has 1 aromatic carbocycles. The lowest BCUT2D eigenvalue weighted by molar-refractivity contribution is 0.534. The van der Waals surface area contributed by atoms with Gasteiger partial charge in [-0.3, -0.25) is 0 Å². The fourth-order valence-corrected chi connectivity index (χ4v) is 3.73. The number of thioether (sulfide) groups is 2. The smallest absolute Gasteiger partial charge is 0.191 e. The summed E-state index contributed by atoms with van der Waals surface area (Å²) in [6.45, 7) is 4.89. The first-order chi connectivity index (χ1) is 11.2. The van der Waals surface area contributed by atoms with Crippen LogP contribution in [0.5, 0.6) is 0 Å². The molecule has 0 unspecified atom stereocenters. The minimum Gasteiger partial charge on any atom is -0.469 e. The van der Waals surface area contributed by atoms with Crippen molar-refractivity contribution in [2.24, 2.45) is 0 Å². The van der Waals surface area contributed by atoms with Crippen molar-refractivity contribution in [1.29, 1.82) is 0 Å². The van der Waals surface area contributed by atoms with Crippen molar-refractivity contribution in [3.05, 3.63) is 47.9 Å². The van der Waals surface area contributed by atoms with Crippen LogP contribution in [-0.4, -0.2) is 21.0 Å². The van der Waals surface area contributed by atoms with E-state index in [0.717, 1.165) is 34.6 Å². The van der Waals surface area contributed by atoms with Gasteiger partial charge in [-0.05, 0) is 43.9 Å². The first kappa shape index (κ1) is 16.2. The summed E-state index contributed by atoms with van der Waals surface area (Å²) >= 11 is 3.47. The van der Waals surface area contributed by atoms with Crippen molar-refractivity contribution in [2.45, 2.75) is 36.2 Å². The minimum atomic E-state index is 0.834. The van der Waals surface area contributed by atoms with E-state index in [9.17, 15) is 0 Å². The van der Waals surface area contributed by atoms with E-state index < -0.39 is 0 Å². The summed E-state index contributed by atoms with van der Waals surface area (Å²) in [6.07, 6.45) is 3.78. The molecule has 0 bridgehead atoms. The summed E-state index contributed by atoms with van der Waals surface area (Å²) in [6, 6.07) is 10.6. The van der Waals surface area contributed by atoms with Gasteiger partial charge in [-0.25, -0.2) is 0 Å². The molecule has 0 amide bonds. The lowest BCUT2D eigenvalue weighted by atomic mass is 10.2. The van der Waals surface area contributed by atoms with Crippen molar-refractivity contribution in [3.63, 3.8) is 0 Å². The molecule has 4 nitrogen and oxygen atoms in total. The molecule has 120 valence electrons. The number of hydrogen-bond acceptors (Lipinski definition) is 5. The molecular formula is C17H19N3OS2. The Labute approximate surface area is 144 Å². The lowest BCUT2D eigenvalue weighted by Gasteiger charge is -2.07. The zero-order valence-corrected chi connectivity index (χ0v) is 15.1. The highest BCUT2D eigenvalue weighted by molar-refractivity contribution is 7.98. The van der Waals surface area contributed by atoms with Gasteiger partial charge in [0.05, 0.1) is 11.8 Å². The molecular weight excluding hydrogens is 326 g/mol. The first-order valence-electron chi connectivity index (χ1n) is 7.46. The molecule has 23 heavy (non-hydrogen) atoms. The second-order valence-electron chi connectivity index (χ2n) is 5.08. The van der Waals surface area contributed by atoms with Gasteiger partial charge in [-0.15, -0.1) is 22.0 Å². The average Bonchev–Trinajstić information content (AvgIpc) is 3.18. The molecule has 3 aromatic rings. The van der Waals surface area contributed by atoms with Crippen LogP contribution < -0.4 is 0 Å². The summed E-state index contributed by atoms with van der Waals surface area (Å²) < 4.78 is 7.53. The molecule has 6 heteroatoms. The van der Waals surface area contributed by atoms with Crippen molar-refractivity contribution in [2.75, 3.05) is 6.26 Å². The molecule has 0 radical (unpaired) electrons. The fourth-order valence-electron chi connectivity index (χ4n) is 2.37. The first-order valence-corrected chi connectivity index (χ1v) is 9.67. The molecule has 0 spiro atoms. The van der Waals surface area contributed by atoms with Gasteiger partial charge in [0.2, 0.25) is 0 Å². The third-order valence-electron chi connectivity index (χ3n) is 3.66. The highest BCUT2D eigenvalue weighted by Gasteiger charge is 2.16. The Bertz CT molecular complexity index is 777. The summed E-state index contributed by atoms with van der Waals surface area (Å²) in [5, 5.41) is 9.66. The van der Waals surface area contributed by atoms with Crippen LogP contribution in [0.25, 0.3) is 11.4 Å². The van der Waals surface area contributed by atoms with E-state index in [1.54, 1.807) is 29.8 Å². The lowest BCUT2D eigenvalue weighted by Crippen LogP contribution is -2.00. The number of nitrogens with zero attached hydrogens (tertiary/aromatic N) is 3. The summed E-state index contributed by atoms with van der Waals surface area (Å²) in [4.78, 5) is 1.29. The van der Waals surface area contributed by atoms with Crippen LogP contribution in [0.3, 0.4) is 0 Å². The SMILES string of the molecule is CCn1c(SCc2ccc(SC)cc2)nnc1-c1ccoc1C. The molecule has 0 aliphatic carbocycles. The number of benzene rings is 1. The molecule has 2 aromatic heterocycles. The van der Waals surface area contributed by atoms with Gasteiger partial charge < -0.3 is 8.98 Å². The summed E-state index contributed by atoms with van der Waals surface area (Å²) in [7, 11) is 0. The van der Waals surface area contributed by atoms with E-state index in [-0.39, 0.29) is 0 Å². The van der Waals surface area contributed by atoms with Crippen molar-refractivity contribution >= 4 is 23.5 Å². The number of rotatable bonds is 6. The third-order valence-corrected chi connectivity index (χ3v) is 5.44. The van der Waals surface area contributed by atoms with E-state index in [2.05, 4.69) is 52.2 Å². The molecule has 0 aliphatic heterocycles. The van der Waals surface area contributed by atoms with E-state index in [1.165, 1.54) is 10.5 Å². The van der Waals surface area contributed by atoms with Crippen LogP contribution in [0.1, 0.15) is 18.2 Å². The monoisotopic (exact) mass is 345 g/mol. The Morgan fingerprint density at radius 2 is 1.91 bits per heavy atom. The molecule has 0 aliphatic rings. The molecule has 3 rings (SSSR count). The standard InChI is InChI=1S/C17H19N3OS2/c1-4-20-16(15-9-10-21-12(15)2)18-19-17(20)23-11-13-5-7-14(22-3)8-6-13/h5-10H,4,11H2,1-3H3. The quantitative estimate of drug-likeness (QED) is 0.596. The van der Waals surface area contributed by atoms with Gasteiger partial charge in [0.15, 0.2) is 11.0 Å². The van der Waals surface area contributed by atoms with Crippen LogP contribution in [0, 0.1) is 6.92 Å². The van der Waals surface area contributed by atoms with Gasteiger partial charge >= 0.3 is 0 Å². The maximum Gasteiger partial charge on any atom is 0.191 e. The zero-order valence-electron chi connectivity index (χ0n) is 13.4. The predicted molar refractivity (Wildman–Crippen MR) is 95.9 cm³/mol. The predicted octanol–water partition coefficient (Wildman–Crippen LogP) is 4.88. The highest BCUT2D eigenvalue weighted by atomic mass is 32.2. The van der Waals surface area contributed by atoms with Crippen molar-refractivity contribution in [3.8, 4) is 11.4 Å². The second-order valence-corrected chi connectivity index (χ2v) is 6.90. The number of hydrogen-bond donors (Lipinski definition) is 0. The summed E-state index contributed by atoms with van der Waals surface area (Å²) in [5.41, 5.74) is 2.30. The largest absolute Gasteiger partial charge is 0.469 e. The molecule has 0 saturated heterocycles. The molecule has 0 N–H and O–H groups in total. The van der Waals surface area contributed by atoms with Crippen LogP contribution in [0.2, 0.25) is 0 Å². The van der Waals surface area contributed by atoms with Crippen LogP contribution >= 0.6 is 23.5 Å². The molecule has 0 atom stereocenters. The van der Waals surface area contributed by atoms with Gasteiger partial charge in [0, 0.05) is 17.2 Å². The van der Waals surface area contributed by atoms with Crippen LogP contribution in [0.15, 0.2) is 51.1 Å². The average molecular weight is 345 g/mol. The molecule has 0 fully saturated rings. The van der Waals surface area contributed by atoms with E-state index in [1.807, 2.05) is 13.0 Å². The van der Waals surface area contributed by atoms with Gasteiger partial charge in [0.1, 0.15) is 5.76 Å². The van der Waals surface area contributed by atoms with Gasteiger partial charge in [-0.2, -0.15) is 0 Å². The Balaban J connectivity index is 1.78. The van der Waals surface area contributed by atoms with Crippen LogP contribution in [0.4, 0.5) is 0 Å². The number of furan rings is 1. The molecule has 0 saturated carbocycles. The van der Waals surface area contributed by atoms with Crippen molar-refractivity contribution < 1.29 is 4.42 Å². The normalized spacial score (nSPS) is 11.1. The van der Waals surface area contributed by atoms with Gasteiger partial charge in [0.25, 0.3) is 0 Å². The summed E-state index contributed by atoms with van der Waals surface area (Å²) in [5.74, 6) is 2.63. The Hall–Kier alpha value is -1.66. The number of aryl methyl sites for hydroxylation is 1. The van der Waals surface area contributed by atoms with E-state index in [4.69, 9.17) is 4.42 Å². The number of aromatic nitrogens is 3. The van der Waals surface area contributed by atoms with E-state index >= 15 is 0 Å². The van der Waals surface area contributed by atoms with Gasteiger partial charge in [-0.1, -0.05) is 23.9 Å². The third kappa shape index (κ3) is 3.48. The van der Waals surface area contributed by atoms with Crippen LogP contribution in [-0.2, 0) is 12.3 Å². The minimum absolute atomic E-state index is 0.834. The van der Waals surface area contributed by atoms with Crippen molar-refractivity contribution in [1.82, 2.24) is 14.8 Å². The second kappa shape index (κ2) is 7.27.